The Morgan fingerprint density at radius 2 is 2.00 bits per heavy atom. The lowest BCUT2D eigenvalue weighted by Gasteiger charge is -2.44. The Bertz CT molecular complexity index is 1290. The number of esters is 1. The normalized spacial score (nSPS) is 26.4. The van der Waals surface area contributed by atoms with Crippen LogP contribution in [0.2, 0.25) is 0 Å². The molecule has 0 saturated carbocycles. The molecule has 0 radical (unpaired) electrons. The van der Waals surface area contributed by atoms with Gasteiger partial charge in [-0.2, -0.15) is 0 Å². The van der Waals surface area contributed by atoms with Crippen LogP contribution in [0.1, 0.15) is 52.0 Å². The van der Waals surface area contributed by atoms with Gasteiger partial charge < -0.3 is 14.7 Å². The van der Waals surface area contributed by atoms with Gasteiger partial charge in [0.25, 0.3) is 5.69 Å². The van der Waals surface area contributed by atoms with E-state index in [9.17, 15) is 29.6 Å². The van der Waals surface area contributed by atoms with Crippen LogP contribution in [0.25, 0.3) is 0 Å². The average molecular weight is 588 g/mol. The third-order valence-corrected chi connectivity index (χ3v) is 10.6. The molecule has 1 amide bonds. The molecule has 0 bridgehead atoms. The van der Waals surface area contributed by atoms with Gasteiger partial charge in [0.05, 0.1) is 21.2 Å². The molecule has 1 aromatic carbocycles. The van der Waals surface area contributed by atoms with Crippen LogP contribution in [0.5, 0.6) is 0 Å². The number of carbonyl (C=O) groups is 3. The standard InChI is InChI=1S/C28H33N3O7S2/c1-4-21(33)22-24(34)30-23(26(35)38-15-16-5-7-17(8-6-16)31(36)37)27(40-25(22)30)39-20-9-10-29(14-20)18-11-19(32)13-28(2,3)12-18/h5-8,11,20-22,25,33H,4,9-10,12-15H2,1-3H3/t20-,21-,22+,25+/m0/s1. The van der Waals surface area contributed by atoms with Crippen molar-refractivity contribution in [2.75, 3.05) is 13.1 Å². The van der Waals surface area contributed by atoms with Gasteiger partial charge in [0.1, 0.15) is 12.0 Å². The van der Waals surface area contributed by atoms with Crippen molar-refractivity contribution < 1.29 is 29.2 Å². The quantitative estimate of drug-likeness (QED) is 0.194. The lowest BCUT2D eigenvalue weighted by Crippen LogP contribution is -2.61. The zero-order valence-electron chi connectivity index (χ0n) is 22.7. The average Bonchev–Trinajstić information content (AvgIpc) is 3.49. The summed E-state index contributed by atoms with van der Waals surface area (Å²) < 4.78 is 6.28. The van der Waals surface area contributed by atoms with Crippen molar-refractivity contribution in [1.29, 1.82) is 0 Å². The predicted molar refractivity (Wildman–Crippen MR) is 152 cm³/mol. The van der Waals surface area contributed by atoms with Crippen LogP contribution in [0.4, 0.5) is 5.69 Å². The maximum Gasteiger partial charge on any atom is 0.357 e. The SMILES string of the molecule is CC[C@H](O)[C@@H]1C(=O)N2C(C(=O)OCc3ccc([N+](=O)[O-])cc3)=C(S[C@H]3CCN(C4=CC(=O)CC(C)(C)C4)C3)S[C@H]12. The molecule has 10 nitrogen and oxygen atoms in total. The van der Waals surface area contributed by atoms with Crippen LogP contribution in [0, 0.1) is 21.4 Å². The van der Waals surface area contributed by atoms with Crippen LogP contribution < -0.4 is 0 Å². The highest BCUT2D eigenvalue weighted by molar-refractivity contribution is 8.23. The highest BCUT2D eigenvalue weighted by Gasteiger charge is 2.58. The Kier molecular flexibility index (Phi) is 8.04. The number of allylic oxidation sites excluding steroid dienone is 2. The Morgan fingerprint density at radius 1 is 1.27 bits per heavy atom. The van der Waals surface area contributed by atoms with Gasteiger partial charge in [0.15, 0.2) is 11.5 Å². The highest BCUT2D eigenvalue weighted by atomic mass is 32.2. The zero-order valence-corrected chi connectivity index (χ0v) is 24.3. The first-order chi connectivity index (χ1) is 19.0. The Hall–Kier alpha value is -2.83. The van der Waals surface area contributed by atoms with E-state index >= 15 is 0 Å². The summed E-state index contributed by atoms with van der Waals surface area (Å²) in [5.74, 6) is -1.35. The molecule has 2 fully saturated rings. The van der Waals surface area contributed by atoms with Gasteiger partial charge in [-0.15, -0.1) is 11.8 Å². The molecule has 1 aliphatic carbocycles. The van der Waals surface area contributed by atoms with Gasteiger partial charge >= 0.3 is 5.97 Å². The zero-order chi connectivity index (χ0) is 28.8. The third-order valence-electron chi connectivity index (χ3n) is 7.75. The number of likely N-dealkylation sites (tertiary alicyclic amines) is 1. The number of carbonyl (C=O) groups excluding carboxylic acids is 3. The smallest absolute Gasteiger partial charge is 0.357 e. The van der Waals surface area contributed by atoms with E-state index in [4.69, 9.17) is 4.74 Å². The minimum absolute atomic E-state index is 0.0549. The summed E-state index contributed by atoms with van der Waals surface area (Å²) in [7, 11) is 0. The fourth-order valence-electron chi connectivity index (χ4n) is 5.67. The molecular formula is C28H33N3O7S2. The van der Waals surface area contributed by atoms with Gasteiger partial charge in [-0.3, -0.25) is 24.6 Å². The lowest BCUT2D eigenvalue weighted by molar-refractivity contribution is -0.384. The third kappa shape index (κ3) is 5.66. The molecule has 12 heteroatoms. The molecule has 1 aromatic rings. The first-order valence-electron chi connectivity index (χ1n) is 13.4. The number of hydrogen-bond acceptors (Lipinski definition) is 10. The van der Waals surface area contributed by atoms with Crippen LogP contribution in [-0.2, 0) is 25.7 Å². The molecule has 0 spiro atoms. The number of benzene rings is 1. The van der Waals surface area contributed by atoms with E-state index < -0.39 is 22.9 Å². The number of hydrogen-bond donors (Lipinski definition) is 1. The summed E-state index contributed by atoms with van der Waals surface area (Å²) in [6.07, 6.45) is 3.67. The number of fused-ring (bicyclic) bond motifs is 1. The van der Waals surface area contributed by atoms with Crippen LogP contribution in [-0.4, -0.2) is 67.3 Å². The van der Waals surface area contributed by atoms with Gasteiger partial charge in [-0.1, -0.05) is 32.5 Å². The van der Waals surface area contributed by atoms with Crippen molar-refractivity contribution in [3.05, 3.63) is 61.7 Å². The molecular weight excluding hydrogens is 554 g/mol. The number of nitro groups is 1. The van der Waals surface area contributed by atoms with Crippen molar-refractivity contribution in [2.45, 2.75) is 69.8 Å². The fraction of sp³-hybridized carbons (Fsp3) is 0.536. The van der Waals surface area contributed by atoms with E-state index in [1.807, 2.05) is 6.92 Å². The van der Waals surface area contributed by atoms with E-state index in [-0.39, 0.29) is 45.7 Å². The van der Waals surface area contributed by atoms with Crippen LogP contribution in [0.15, 0.2) is 46.0 Å². The highest BCUT2D eigenvalue weighted by Crippen LogP contribution is 2.55. The number of ketones is 1. The molecule has 0 unspecified atom stereocenters. The molecule has 4 aliphatic rings. The second kappa shape index (κ2) is 11.2. The molecule has 0 aromatic heterocycles. The molecule has 40 heavy (non-hydrogen) atoms. The van der Waals surface area contributed by atoms with E-state index in [1.165, 1.54) is 40.9 Å². The Morgan fingerprint density at radius 3 is 2.65 bits per heavy atom. The molecule has 3 heterocycles. The second-order valence-corrected chi connectivity index (χ2v) is 14.1. The first-order valence-corrected chi connectivity index (χ1v) is 15.2. The number of thioether (sulfide) groups is 2. The van der Waals surface area contributed by atoms with E-state index in [0.717, 1.165) is 31.6 Å². The van der Waals surface area contributed by atoms with Crippen molar-refractivity contribution in [2.24, 2.45) is 11.3 Å². The minimum atomic E-state index is -0.788. The lowest BCUT2D eigenvalue weighted by atomic mass is 9.78. The molecule has 5 rings (SSSR count). The number of nitrogens with zero attached hydrogens (tertiary/aromatic N) is 3. The fourth-order valence-corrected chi connectivity index (χ4v) is 8.94. The summed E-state index contributed by atoms with van der Waals surface area (Å²) in [5.41, 5.74) is 1.73. The Labute approximate surface area is 241 Å². The molecule has 4 atom stereocenters. The van der Waals surface area contributed by atoms with E-state index in [2.05, 4.69) is 18.7 Å². The second-order valence-electron chi connectivity index (χ2n) is 11.4. The minimum Gasteiger partial charge on any atom is -0.456 e. The molecule has 214 valence electrons. The maximum absolute atomic E-state index is 13.4. The monoisotopic (exact) mass is 587 g/mol. The first kappa shape index (κ1) is 28.7. The molecule has 3 aliphatic heterocycles. The van der Waals surface area contributed by atoms with E-state index in [1.54, 1.807) is 17.8 Å². The topological polar surface area (TPSA) is 130 Å². The van der Waals surface area contributed by atoms with Crippen LogP contribution >= 0.6 is 23.5 Å². The number of rotatable bonds is 9. The van der Waals surface area contributed by atoms with Gasteiger partial charge in [-0.05, 0) is 42.4 Å². The van der Waals surface area contributed by atoms with Gasteiger partial charge in [0.2, 0.25) is 5.91 Å². The molecule has 1 N–H and O–H groups in total. The Balaban J connectivity index is 1.31. The van der Waals surface area contributed by atoms with Crippen molar-refractivity contribution in [1.82, 2.24) is 9.80 Å². The summed E-state index contributed by atoms with van der Waals surface area (Å²) >= 11 is 2.98. The maximum atomic E-state index is 13.4. The number of β-lactam (4-membered cyclic amide) rings is 1. The summed E-state index contributed by atoms with van der Waals surface area (Å²) in [6, 6.07) is 5.76. The van der Waals surface area contributed by atoms with Crippen LogP contribution in [0.3, 0.4) is 0 Å². The number of non-ortho nitro benzene ring substituents is 1. The summed E-state index contributed by atoms with van der Waals surface area (Å²) in [6.45, 7) is 7.49. The van der Waals surface area contributed by atoms with Crippen molar-refractivity contribution >= 4 is 46.9 Å². The largest absolute Gasteiger partial charge is 0.456 e. The van der Waals surface area contributed by atoms with E-state index in [0.29, 0.717) is 22.6 Å². The number of ether oxygens (including phenoxy) is 1. The van der Waals surface area contributed by atoms with Gasteiger partial charge in [0, 0.05) is 48.7 Å². The number of amides is 1. The number of aliphatic hydroxyl groups excluding tert-OH is 1. The number of nitro benzene ring substituents is 1. The van der Waals surface area contributed by atoms with Crippen molar-refractivity contribution in [3.63, 3.8) is 0 Å². The summed E-state index contributed by atoms with van der Waals surface area (Å²) in [4.78, 5) is 52.8. The molecule has 2 saturated heterocycles. The van der Waals surface area contributed by atoms with Gasteiger partial charge in [-0.25, -0.2) is 4.79 Å². The number of aliphatic hydroxyl groups is 1. The predicted octanol–water partition coefficient (Wildman–Crippen LogP) is 4.19. The van der Waals surface area contributed by atoms with Crippen molar-refractivity contribution in [3.8, 4) is 0 Å². The summed E-state index contributed by atoms with van der Waals surface area (Å²) in [5, 5.41) is 21.2.